The Labute approximate surface area is 252 Å². The van der Waals surface area contributed by atoms with Crippen LogP contribution in [0.4, 0.5) is 11.4 Å². The first kappa shape index (κ1) is 31.6. The highest BCUT2D eigenvalue weighted by Crippen LogP contribution is 2.45. The van der Waals surface area contributed by atoms with E-state index in [1.807, 2.05) is 30.3 Å². The average molecular weight is 593 g/mol. The minimum atomic E-state index is -1.02. The van der Waals surface area contributed by atoms with Crippen LogP contribution in [-0.4, -0.2) is 48.9 Å². The third-order valence-corrected chi connectivity index (χ3v) is 7.39. The molecule has 0 aromatic heterocycles. The fourth-order valence-corrected chi connectivity index (χ4v) is 5.34. The smallest absolute Gasteiger partial charge is 0.336 e. The van der Waals surface area contributed by atoms with E-state index in [1.54, 1.807) is 18.2 Å². The predicted octanol–water partition coefficient (Wildman–Crippen LogP) is 3.04. The van der Waals surface area contributed by atoms with E-state index in [0.29, 0.717) is 34.3 Å². The Kier molecular flexibility index (Phi) is 10.9. The van der Waals surface area contributed by atoms with E-state index < -0.39 is 5.97 Å². The maximum Gasteiger partial charge on any atom is 0.336 e. The molecule has 0 atom stereocenters. The summed E-state index contributed by atoms with van der Waals surface area (Å²) in [5.74, 6) is -0.340. The Morgan fingerprint density at radius 1 is 1.05 bits per heavy atom. The molecule has 0 unspecified atom stereocenters. The summed E-state index contributed by atoms with van der Waals surface area (Å²) in [6.07, 6.45) is 1.71. The number of thiocarbonyl (C=S) groups is 1. The number of benzene rings is 3. The molecule has 0 radical (unpaired) electrons. The SMILES string of the molecule is C=CCNC(=S)Nc1cccc(C(=O)O)c1-c1c2ccc(=[N+](CC)CC)cc-2oc2cc(N(CC)CC)ccc12.[Cl-]. The Balaban J connectivity index is 0.00000462. The molecule has 3 N–H and O–H groups in total. The van der Waals surface area contributed by atoms with Gasteiger partial charge in [-0.15, -0.1) is 6.58 Å². The quantitative estimate of drug-likeness (QED) is 0.113. The highest BCUT2D eigenvalue weighted by atomic mass is 35.5. The topological polar surface area (TPSA) is 80.8 Å². The van der Waals surface area contributed by atoms with Crippen LogP contribution in [0.2, 0.25) is 0 Å². The molecule has 2 aromatic rings. The van der Waals surface area contributed by atoms with Crippen LogP contribution in [0.1, 0.15) is 38.1 Å². The molecule has 1 aliphatic carbocycles. The number of fused-ring (bicyclic) bond motifs is 2. The Bertz CT molecular complexity index is 1600. The van der Waals surface area contributed by atoms with Crippen LogP contribution >= 0.6 is 12.2 Å². The van der Waals surface area contributed by atoms with E-state index in [4.69, 9.17) is 16.6 Å². The molecule has 0 amide bonds. The monoisotopic (exact) mass is 592 g/mol. The minimum Gasteiger partial charge on any atom is -1.00 e. The molecule has 2 aliphatic rings. The van der Waals surface area contributed by atoms with Crippen LogP contribution in [0.25, 0.3) is 33.4 Å². The number of carbonyl (C=O) groups is 1. The van der Waals surface area contributed by atoms with Gasteiger partial charge in [-0.05, 0) is 70.2 Å². The predicted molar refractivity (Wildman–Crippen MR) is 170 cm³/mol. The molecule has 0 saturated carbocycles. The van der Waals surface area contributed by atoms with Gasteiger partial charge in [-0.3, -0.25) is 0 Å². The van der Waals surface area contributed by atoms with Gasteiger partial charge < -0.3 is 37.5 Å². The van der Waals surface area contributed by atoms with Gasteiger partial charge in [0.25, 0.3) is 0 Å². The lowest BCUT2D eigenvalue weighted by Crippen LogP contribution is -3.00. The van der Waals surface area contributed by atoms with Crippen LogP contribution in [0, 0.1) is 0 Å². The van der Waals surface area contributed by atoms with Crippen molar-refractivity contribution in [2.75, 3.05) is 42.9 Å². The van der Waals surface area contributed by atoms with Crippen LogP contribution in [0.15, 0.2) is 71.7 Å². The molecule has 2 aromatic carbocycles. The number of carboxylic acid groups (broad SMARTS) is 1. The van der Waals surface area contributed by atoms with Gasteiger partial charge in [0.2, 0.25) is 5.36 Å². The Morgan fingerprint density at radius 3 is 2.41 bits per heavy atom. The van der Waals surface area contributed by atoms with Gasteiger partial charge in [0.05, 0.1) is 11.6 Å². The van der Waals surface area contributed by atoms with E-state index in [-0.39, 0.29) is 18.0 Å². The lowest BCUT2D eigenvalue weighted by molar-refractivity contribution is -0.0000240. The van der Waals surface area contributed by atoms with Crippen molar-refractivity contribution in [2.45, 2.75) is 27.7 Å². The average Bonchev–Trinajstić information content (AvgIpc) is 2.96. The summed E-state index contributed by atoms with van der Waals surface area (Å²) >= 11 is 5.51. The number of carboxylic acids is 1. The van der Waals surface area contributed by atoms with Gasteiger partial charge in [-0.25, -0.2) is 9.37 Å². The molecule has 9 heteroatoms. The van der Waals surface area contributed by atoms with Crippen molar-refractivity contribution in [3.8, 4) is 22.5 Å². The molecule has 0 spiro atoms. The third-order valence-electron chi connectivity index (χ3n) is 7.15. The number of halogens is 1. The number of rotatable bonds is 10. The third kappa shape index (κ3) is 6.55. The molecule has 4 rings (SSSR count). The number of nitrogens with one attached hydrogen (secondary N) is 2. The second-order valence-corrected chi connectivity index (χ2v) is 9.75. The largest absolute Gasteiger partial charge is 1.00 e. The van der Waals surface area contributed by atoms with Crippen LogP contribution in [0.5, 0.6) is 0 Å². The van der Waals surface area contributed by atoms with E-state index in [2.05, 4.69) is 66.5 Å². The standard InChI is InChI=1S/C32H36N4O3S.ClH/c1-6-18-33-32(40)34-26-13-11-12-25(31(37)38)30(26)29-23-16-14-21(35(7-2)8-3)19-27(23)39-28-20-22(15-17-24(28)29)36(9-4)10-5;/h6,11-17,19-20H,1,7-10,18H2,2-5H3,(H2,33,37,38,40);1H. The zero-order valence-corrected chi connectivity index (χ0v) is 25.5. The number of hydrogen-bond acceptors (Lipinski definition) is 4. The highest BCUT2D eigenvalue weighted by Gasteiger charge is 2.25. The second kappa shape index (κ2) is 14.1. The molecule has 7 nitrogen and oxygen atoms in total. The summed E-state index contributed by atoms with van der Waals surface area (Å²) in [7, 11) is 0. The molecule has 216 valence electrons. The van der Waals surface area contributed by atoms with Crippen molar-refractivity contribution in [1.82, 2.24) is 9.89 Å². The Hall–Kier alpha value is -3.88. The lowest BCUT2D eigenvalue weighted by Gasteiger charge is -2.23. The molecule has 0 saturated heterocycles. The molecule has 1 aliphatic heterocycles. The first-order valence-corrected chi connectivity index (χ1v) is 14.1. The van der Waals surface area contributed by atoms with Crippen molar-refractivity contribution in [3.63, 3.8) is 0 Å². The van der Waals surface area contributed by atoms with Gasteiger partial charge in [-0.2, -0.15) is 0 Å². The maximum atomic E-state index is 12.6. The summed E-state index contributed by atoms with van der Waals surface area (Å²) in [5, 5.41) is 18.9. The maximum absolute atomic E-state index is 12.6. The summed E-state index contributed by atoms with van der Waals surface area (Å²) in [4.78, 5) is 14.9. The van der Waals surface area contributed by atoms with Crippen LogP contribution < -0.4 is 37.9 Å². The fraction of sp³-hybridized carbons (Fsp3) is 0.281. The summed E-state index contributed by atoms with van der Waals surface area (Å²) in [5.41, 5.74) is 4.64. The lowest BCUT2D eigenvalue weighted by atomic mass is 9.89. The zero-order chi connectivity index (χ0) is 28.8. The molecule has 0 bridgehead atoms. The minimum absolute atomic E-state index is 0. The fourth-order valence-electron chi connectivity index (χ4n) is 5.14. The number of hydrogen-bond donors (Lipinski definition) is 3. The summed E-state index contributed by atoms with van der Waals surface area (Å²) in [6, 6.07) is 17.5. The van der Waals surface area contributed by atoms with Crippen molar-refractivity contribution in [3.05, 3.63) is 78.2 Å². The summed E-state index contributed by atoms with van der Waals surface area (Å²) in [6.45, 7) is 16.1. The van der Waals surface area contributed by atoms with Crippen LogP contribution in [-0.2, 0) is 0 Å². The molecule has 41 heavy (non-hydrogen) atoms. The second-order valence-electron chi connectivity index (χ2n) is 9.34. The first-order valence-electron chi connectivity index (χ1n) is 13.7. The van der Waals surface area contributed by atoms with Gasteiger partial charge >= 0.3 is 5.97 Å². The van der Waals surface area contributed by atoms with Gasteiger partial charge in [0, 0.05) is 65.2 Å². The Morgan fingerprint density at radius 2 is 1.78 bits per heavy atom. The number of anilines is 2. The van der Waals surface area contributed by atoms with E-state index >= 15 is 0 Å². The van der Waals surface area contributed by atoms with Crippen molar-refractivity contribution >= 4 is 45.6 Å². The zero-order valence-electron chi connectivity index (χ0n) is 24.0. The van der Waals surface area contributed by atoms with Gasteiger partial charge in [0.15, 0.2) is 5.11 Å². The van der Waals surface area contributed by atoms with Crippen molar-refractivity contribution in [1.29, 1.82) is 0 Å². The van der Waals surface area contributed by atoms with E-state index in [9.17, 15) is 9.90 Å². The van der Waals surface area contributed by atoms with Gasteiger partial charge in [-0.1, -0.05) is 12.1 Å². The number of nitrogens with zero attached hydrogens (tertiary/aromatic N) is 2. The van der Waals surface area contributed by atoms with Gasteiger partial charge in [0.1, 0.15) is 24.4 Å². The molecular formula is C32H37ClN4O3S. The number of aromatic carboxylic acids is 1. The highest BCUT2D eigenvalue weighted by molar-refractivity contribution is 7.80. The summed E-state index contributed by atoms with van der Waals surface area (Å²) < 4.78 is 8.83. The normalized spacial score (nSPS) is 10.6. The molecule has 1 heterocycles. The first-order chi connectivity index (χ1) is 19.4. The molecule has 0 fully saturated rings. The van der Waals surface area contributed by atoms with E-state index in [0.717, 1.165) is 53.7 Å². The van der Waals surface area contributed by atoms with Crippen LogP contribution in [0.3, 0.4) is 0 Å². The van der Waals surface area contributed by atoms with Crippen molar-refractivity contribution in [2.24, 2.45) is 0 Å². The molecular weight excluding hydrogens is 556 g/mol. The van der Waals surface area contributed by atoms with Crippen molar-refractivity contribution < 1.29 is 26.7 Å². The van der Waals surface area contributed by atoms with E-state index in [1.165, 1.54) is 0 Å².